The van der Waals surface area contributed by atoms with E-state index >= 15 is 0 Å². The first kappa shape index (κ1) is 16.9. The number of nitrogens with zero attached hydrogens (tertiary/aromatic N) is 5. The van der Waals surface area contributed by atoms with Gasteiger partial charge in [-0.2, -0.15) is 5.10 Å². The molecule has 0 atom stereocenters. The van der Waals surface area contributed by atoms with Gasteiger partial charge in [-0.3, -0.25) is 18.7 Å². The van der Waals surface area contributed by atoms with Gasteiger partial charge in [0, 0.05) is 43.3 Å². The van der Waals surface area contributed by atoms with Gasteiger partial charge in [-0.05, 0) is 32.9 Å². The molecular weight excluding hydrogens is 318 g/mol. The van der Waals surface area contributed by atoms with Gasteiger partial charge in [-0.15, -0.1) is 0 Å². The molecule has 0 aliphatic rings. The molecule has 0 aliphatic heterocycles. The molecule has 7 nitrogen and oxygen atoms in total. The summed E-state index contributed by atoms with van der Waals surface area (Å²) in [7, 11) is 0. The summed E-state index contributed by atoms with van der Waals surface area (Å²) >= 11 is 0. The first-order valence-corrected chi connectivity index (χ1v) is 8.30. The molecule has 1 amide bonds. The summed E-state index contributed by atoms with van der Waals surface area (Å²) in [4.78, 5) is 31.5. The summed E-state index contributed by atoms with van der Waals surface area (Å²) in [6.45, 7) is 7.02. The largest absolute Gasteiger partial charge is 0.332 e. The van der Waals surface area contributed by atoms with E-state index in [9.17, 15) is 9.59 Å². The van der Waals surface area contributed by atoms with Crippen molar-refractivity contribution in [2.45, 2.75) is 39.9 Å². The fourth-order valence-corrected chi connectivity index (χ4v) is 2.67. The number of hydrogen-bond acceptors (Lipinski definition) is 4. The topological polar surface area (TPSA) is 72.5 Å². The predicted molar refractivity (Wildman–Crippen MR) is 94.4 cm³/mol. The Morgan fingerprint density at radius 1 is 1.28 bits per heavy atom. The lowest BCUT2D eigenvalue weighted by molar-refractivity contribution is 0.0688. The van der Waals surface area contributed by atoms with Gasteiger partial charge in [0.25, 0.3) is 11.5 Å². The molecule has 25 heavy (non-hydrogen) atoms. The van der Waals surface area contributed by atoms with E-state index < -0.39 is 0 Å². The molecule has 0 saturated heterocycles. The van der Waals surface area contributed by atoms with Crippen LogP contribution in [0.15, 0.2) is 47.8 Å². The highest BCUT2D eigenvalue weighted by atomic mass is 16.2. The van der Waals surface area contributed by atoms with Crippen LogP contribution in [0.3, 0.4) is 0 Å². The van der Waals surface area contributed by atoms with Crippen LogP contribution in [-0.2, 0) is 13.1 Å². The van der Waals surface area contributed by atoms with Gasteiger partial charge in [-0.1, -0.05) is 6.07 Å². The minimum atomic E-state index is -0.356. The van der Waals surface area contributed by atoms with Crippen molar-refractivity contribution in [3.8, 4) is 0 Å². The molecule has 130 valence electrons. The second kappa shape index (κ2) is 6.88. The highest BCUT2D eigenvalue weighted by molar-refractivity contribution is 5.94. The van der Waals surface area contributed by atoms with Gasteiger partial charge in [0.2, 0.25) is 0 Å². The maximum absolute atomic E-state index is 13.0. The Morgan fingerprint density at radius 3 is 2.76 bits per heavy atom. The fraction of sp³-hybridized carbons (Fsp3) is 0.333. The number of fused-ring (bicyclic) bond motifs is 1. The summed E-state index contributed by atoms with van der Waals surface area (Å²) in [5.41, 5.74) is 1.16. The molecule has 0 fully saturated rings. The summed E-state index contributed by atoms with van der Waals surface area (Å²) in [5.74, 6) is -0.324. The third-order valence-electron chi connectivity index (χ3n) is 4.09. The quantitative estimate of drug-likeness (QED) is 0.712. The Morgan fingerprint density at radius 2 is 2.08 bits per heavy atom. The number of carbonyl (C=O) groups is 1. The summed E-state index contributed by atoms with van der Waals surface area (Å²) in [6, 6.07) is 5.21. The molecule has 0 radical (unpaired) electrons. The Bertz CT molecular complexity index is 957. The lowest BCUT2D eigenvalue weighted by Crippen LogP contribution is -2.39. The first-order valence-electron chi connectivity index (χ1n) is 8.30. The number of rotatable bonds is 5. The zero-order valence-corrected chi connectivity index (χ0v) is 14.6. The zero-order chi connectivity index (χ0) is 18.0. The molecule has 3 aromatic heterocycles. The van der Waals surface area contributed by atoms with Gasteiger partial charge >= 0.3 is 0 Å². The van der Waals surface area contributed by atoms with Crippen molar-refractivity contribution in [3.05, 3.63) is 64.5 Å². The summed E-state index contributed by atoms with van der Waals surface area (Å²) < 4.78 is 3.20. The smallest absolute Gasteiger partial charge is 0.270 e. The van der Waals surface area contributed by atoms with Crippen molar-refractivity contribution in [2.24, 2.45) is 0 Å². The minimum Gasteiger partial charge on any atom is -0.332 e. The van der Waals surface area contributed by atoms with Crippen molar-refractivity contribution >= 4 is 11.6 Å². The van der Waals surface area contributed by atoms with E-state index in [2.05, 4.69) is 10.1 Å². The maximum atomic E-state index is 13.0. The SMILES string of the molecule is CCn1cc(CN(C(=O)c2cnc3ccccn3c2=O)C(C)C)cn1. The molecule has 0 N–H and O–H groups in total. The van der Waals surface area contributed by atoms with Crippen molar-refractivity contribution < 1.29 is 4.79 Å². The molecule has 0 bridgehead atoms. The number of pyridine rings is 1. The number of carbonyl (C=O) groups excluding carboxylic acids is 1. The van der Waals surface area contributed by atoms with Crippen molar-refractivity contribution in [1.29, 1.82) is 0 Å². The molecule has 0 spiro atoms. The highest BCUT2D eigenvalue weighted by Gasteiger charge is 2.23. The van der Waals surface area contributed by atoms with Crippen LogP contribution in [0.4, 0.5) is 0 Å². The first-order chi connectivity index (χ1) is 12.0. The number of aryl methyl sites for hydroxylation is 1. The zero-order valence-electron chi connectivity index (χ0n) is 14.6. The van der Waals surface area contributed by atoms with Gasteiger partial charge in [0.1, 0.15) is 11.2 Å². The third-order valence-corrected chi connectivity index (χ3v) is 4.09. The van der Waals surface area contributed by atoms with Gasteiger partial charge in [-0.25, -0.2) is 4.98 Å². The maximum Gasteiger partial charge on any atom is 0.270 e. The monoisotopic (exact) mass is 339 g/mol. The molecule has 3 aromatic rings. The van der Waals surface area contributed by atoms with Crippen LogP contribution in [0.25, 0.3) is 5.65 Å². The van der Waals surface area contributed by atoms with Crippen LogP contribution >= 0.6 is 0 Å². The molecule has 3 rings (SSSR count). The van der Waals surface area contributed by atoms with Crippen LogP contribution in [0, 0.1) is 0 Å². The Hall–Kier alpha value is -2.96. The number of amides is 1. The summed E-state index contributed by atoms with van der Waals surface area (Å²) in [5, 5.41) is 4.24. The molecule has 0 saturated carbocycles. The third kappa shape index (κ3) is 3.31. The van der Waals surface area contributed by atoms with Crippen LogP contribution in [-0.4, -0.2) is 36.0 Å². The number of aromatic nitrogens is 4. The lowest BCUT2D eigenvalue weighted by Gasteiger charge is -2.26. The molecule has 3 heterocycles. The Labute approximate surface area is 145 Å². The second-order valence-electron chi connectivity index (χ2n) is 6.14. The van der Waals surface area contributed by atoms with Gasteiger partial charge in [0.15, 0.2) is 0 Å². The van der Waals surface area contributed by atoms with Crippen LogP contribution in [0.2, 0.25) is 0 Å². The van der Waals surface area contributed by atoms with E-state index in [0.29, 0.717) is 12.2 Å². The molecule has 0 aromatic carbocycles. The van der Waals surface area contributed by atoms with E-state index in [1.165, 1.54) is 10.6 Å². The minimum absolute atomic E-state index is 0.0617. The van der Waals surface area contributed by atoms with Crippen molar-refractivity contribution in [1.82, 2.24) is 24.1 Å². The normalized spacial score (nSPS) is 11.2. The molecule has 0 unspecified atom stereocenters. The predicted octanol–water partition coefficient (Wildman–Crippen LogP) is 1.96. The van der Waals surface area contributed by atoms with E-state index in [4.69, 9.17) is 0 Å². The van der Waals surface area contributed by atoms with Crippen LogP contribution in [0.1, 0.15) is 36.7 Å². The number of hydrogen-bond donors (Lipinski definition) is 0. The molecular formula is C18H21N5O2. The second-order valence-corrected chi connectivity index (χ2v) is 6.14. The molecule has 0 aliphatic carbocycles. The van der Waals surface area contributed by atoms with E-state index in [0.717, 1.165) is 12.1 Å². The Kier molecular flexibility index (Phi) is 4.65. The van der Waals surface area contributed by atoms with E-state index in [1.54, 1.807) is 35.5 Å². The van der Waals surface area contributed by atoms with Crippen molar-refractivity contribution in [2.75, 3.05) is 0 Å². The van der Waals surface area contributed by atoms with Crippen LogP contribution < -0.4 is 5.56 Å². The summed E-state index contributed by atoms with van der Waals surface area (Å²) in [6.07, 6.45) is 6.64. The van der Waals surface area contributed by atoms with E-state index in [-0.39, 0.29) is 23.1 Å². The standard InChI is InChI=1S/C18H21N5O2/c1-4-21-11-14(9-20-21)12-23(13(2)3)18(25)15-10-19-16-7-5-6-8-22(16)17(15)24/h5-11,13H,4,12H2,1-3H3. The van der Waals surface area contributed by atoms with Crippen LogP contribution in [0.5, 0.6) is 0 Å². The average molecular weight is 339 g/mol. The van der Waals surface area contributed by atoms with E-state index in [1.807, 2.05) is 31.6 Å². The average Bonchev–Trinajstić information content (AvgIpc) is 3.07. The van der Waals surface area contributed by atoms with Gasteiger partial charge < -0.3 is 4.90 Å². The molecule has 7 heteroatoms. The fourth-order valence-electron chi connectivity index (χ4n) is 2.67. The van der Waals surface area contributed by atoms with Gasteiger partial charge in [0.05, 0.1) is 6.20 Å². The van der Waals surface area contributed by atoms with Crippen molar-refractivity contribution in [3.63, 3.8) is 0 Å². The lowest BCUT2D eigenvalue weighted by atomic mass is 10.2. The Balaban J connectivity index is 1.95. The highest BCUT2D eigenvalue weighted by Crippen LogP contribution is 2.11.